The van der Waals surface area contributed by atoms with Gasteiger partial charge >= 0.3 is 0 Å². The molecular weight excluding hydrogens is 278 g/mol. The van der Waals surface area contributed by atoms with E-state index in [1.165, 1.54) is 0 Å². The molecule has 2 atom stereocenters. The summed E-state index contributed by atoms with van der Waals surface area (Å²) in [6, 6.07) is 6.54. The van der Waals surface area contributed by atoms with Crippen molar-refractivity contribution in [2.75, 3.05) is 6.54 Å². The van der Waals surface area contributed by atoms with E-state index in [4.69, 9.17) is 11.6 Å². The first-order valence-corrected chi connectivity index (χ1v) is 7.09. The third-order valence-corrected chi connectivity index (χ3v) is 4.37. The number of hydrogen-bond donors (Lipinski definition) is 0. The molecule has 4 nitrogen and oxygen atoms in total. The quantitative estimate of drug-likeness (QED) is 0.634. The smallest absolute Gasteiger partial charge is 0.233 e. The molecule has 2 aliphatic rings. The number of amides is 2. The molecule has 2 unspecified atom stereocenters. The van der Waals surface area contributed by atoms with E-state index in [0.717, 1.165) is 24.2 Å². The second kappa shape index (κ2) is 5.02. The van der Waals surface area contributed by atoms with Crippen molar-refractivity contribution in [3.63, 3.8) is 0 Å². The van der Waals surface area contributed by atoms with Gasteiger partial charge in [-0.1, -0.05) is 30.2 Å². The van der Waals surface area contributed by atoms with Gasteiger partial charge in [0.25, 0.3) is 0 Å². The van der Waals surface area contributed by atoms with Gasteiger partial charge in [0.1, 0.15) is 0 Å². The largest absolute Gasteiger partial charge is 0.292 e. The Morgan fingerprint density at radius 2 is 1.85 bits per heavy atom. The second-order valence-electron chi connectivity index (χ2n) is 5.34. The van der Waals surface area contributed by atoms with Crippen LogP contribution in [0.1, 0.15) is 29.6 Å². The maximum Gasteiger partial charge on any atom is 0.233 e. The molecule has 0 radical (unpaired) electrons. The molecule has 1 heterocycles. The number of hydrogen-bond acceptors (Lipinski definition) is 3. The zero-order valence-corrected chi connectivity index (χ0v) is 11.6. The second-order valence-corrected chi connectivity index (χ2v) is 5.78. The Morgan fingerprint density at radius 3 is 2.45 bits per heavy atom. The van der Waals surface area contributed by atoms with Crippen LogP contribution < -0.4 is 0 Å². The molecule has 1 aliphatic heterocycles. The number of carbonyl (C=O) groups is 3. The van der Waals surface area contributed by atoms with E-state index < -0.39 is 0 Å². The van der Waals surface area contributed by atoms with E-state index >= 15 is 0 Å². The van der Waals surface area contributed by atoms with Crippen LogP contribution in [-0.2, 0) is 9.59 Å². The summed E-state index contributed by atoms with van der Waals surface area (Å²) in [6.07, 6.45) is 2.44. The van der Waals surface area contributed by atoms with E-state index in [1.54, 1.807) is 24.3 Å². The fourth-order valence-corrected chi connectivity index (χ4v) is 3.30. The van der Waals surface area contributed by atoms with Gasteiger partial charge in [0.2, 0.25) is 11.8 Å². The number of Topliss-reactive ketones (excluding diaryl/α,β-unsaturated/α-hetero) is 1. The maximum absolute atomic E-state index is 12.2. The molecular formula is C15H14ClNO3. The Labute approximate surface area is 121 Å². The molecule has 2 amide bonds. The summed E-state index contributed by atoms with van der Waals surface area (Å²) in [5.74, 6) is -1.03. The van der Waals surface area contributed by atoms with Crippen LogP contribution in [0.4, 0.5) is 0 Å². The van der Waals surface area contributed by atoms with Crippen molar-refractivity contribution in [3.05, 3.63) is 34.9 Å². The molecule has 1 aromatic carbocycles. The molecule has 104 valence electrons. The van der Waals surface area contributed by atoms with Crippen molar-refractivity contribution in [3.8, 4) is 0 Å². The fraction of sp³-hybridized carbons (Fsp3) is 0.400. The van der Waals surface area contributed by atoms with Crippen LogP contribution in [0.2, 0.25) is 5.02 Å². The van der Waals surface area contributed by atoms with Crippen LogP contribution in [0.5, 0.6) is 0 Å². The zero-order valence-electron chi connectivity index (χ0n) is 10.8. The molecule has 3 rings (SSSR count). The molecule has 0 aromatic heterocycles. The topological polar surface area (TPSA) is 54.5 Å². The Kier molecular flexibility index (Phi) is 3.34. The summed E-state index contributed by atoms with van der Waals surface area (Å²) >= 11 is 5.84. The van der Waals surface area contributed by atoms with Crippen molar-refractivity contribution in [2.45, 2.75) is 19.3 Å². The Hall–Kier alpha value is -1.68. The van der Waals surface area contributed by atoms with Crippen LogP contribution in [0.15, 0.2) is 24.3 Å². The van der Waals surface area contributed by atoms with E-state index in [2.05, 4.69) is 0 Å². The summed E-state index contributed by atoms with van der Waals surface area (Å²) in [5.41, 5.74) is 0.426. The molecule has 5 heteroatoms. The highest BCUT2D eigenvalue weighted by molar-refractivity contribution is 6.31. The third-order valence-electron chi connectivity index (χ3n) is 4.13. The predicted octanol–water partition coefficient (Wildman–Crippen LogP) is 2.31. The van der Waals surface area contributed by atoms with Crippen molar-refractivity contribution in [1.82, 2.24) is 4.90 Å². The highest BCUT2D eigenvalue weighted by Gasteiger charge is 2.49. The number of imide groups is 1. The summed E-state index contributed by atoms with van der Waals surface area (Å²) < 4.78 is 0. The number of nitrogens with zero attached hydrogens (tertiary/aromatic N) is 1. The first kappa shape index (κ1) is 13.3. The Balaban J connectivity index is 1.77. The van der Waals surface area contributed by atoms with E-state index in [-0.39, 0.29) is 36.0 Å². The first-order valence-electron chi connectivity index (χ1n) is 6.72. The minimum Gasteiger partial charge on any atom is -0.292 e. The minimum absolute atomic E-state index is 0.176. The van der Waals surface area contributed by atoms with Gasteiger partial charge in [-0.2, -0.15) is 0 Å². The predicted molar refractivity (Wildman–Crippen MR) is 73.3 cm³/mol. The average molecular weight is 292 g/mol. The normalized spacial score (nSPS) is 25.1. The van der Waals surface area contributed by atoms with Crippen molar-refractivity contribution in [2.24, 2.45) is 11.8 Å². The highest BCUT2D eigenvalue weighted by Crippen LogP contribution is 2.39. The molecule has 20 heavy (non-hydrogen) atoms. The van der Waals surface area contributed by atoms with Crippen LogP contribution >= 0.6 is 11.6 Å². The van der Waals surface area contributed by atoms with E-state index in [9.17, 15) is 14.4 Å². The van der Waals surface area contributed by atoms with E-state index in [1.807, 2.05) is 0 Å². The van der Waals surface area contributed by atoms with Gasteiger partial charge in [-0.15, -0.1) is 0 Å². The summed E-state index contributed by atoms with van der Waals surface area (Å²) in [6.45, 7) is -0.176. The SMILES string of the molecule is O=C(CN1C(=O)C2CCCC2C1=O)c1cccc(Cl)c1. The lowest BCUT2D eigenvalue weighted by atomic mass is 10.00. The molecule has 0 N–H and O–H groups in total. The molecule has 2 fully saturated rings. The van der Waals surface area contributed by atoms with Crippen LogP contribution in [0.25, 0.3) is 0 Å². The first-order chi connectivity index (χ1) is 9.58. The molecule has 1 saturated heterocycles. The van der Waals surface area contributed by atoms with Crippen LogP contribution in [0, 0.1) is 11.8 Å². The number of benzene rings is 1. The van der Waals surface area contributed by atoms with Crippen molar-refractivity contribution >= 4 is 29.2 Å². The van der Waals surface area contributed by atoms with Gasteiger partial charge in [0, 0.05) is 10.6 Å². The number of likely N-dealkylation sites (tertiary alicyclic amines) is 1. The minimum atomic E-state index is -0.255. The maximum atomic E-state index is 12.2. The molecule has 1 saturated carbocycles. The standard InChI is InChI=1S/C15H14ClNO3/c16-10-4-1-3-9(7-10)13(18)8-17-14(19)11-5-2-6-12(11)15(17)20/h1,3-4,7,11-12H,2,5-6,8H2. The third kappa shape index (κ3) is 2.14. The zero-order chi connectivity index (χ0) is 14.3. The van der Waals surface area contributed by atoms with Gasteiger partial charge < -0.3 is 0 Å². The van der Waals surface area contributed by atoms with Gasteiger partial charge in [-0.3, -0.25) is 19.3 Å². The summed E-state index contributed by atoms with van der Waals surface area (Å²) in [7, 11) is 0. The molecule has 0 spiro atoms. The Bertz CT molecular complexity index is 577. The fourth-order valence-electron chi connectivity index (χ4n) is 3.11. The van der Waals surface area contributed by atoms with Gasteiger partial charge in [0.15, 0.2) is 5.78 Å². The Morgan fingerprint density at radius 1 is 1.20 bits per heavy atom. The molecule has 1 aromatic rings. The van der Waals surface area contributed by atoms with E-state index in [0.29, 0.717) is 10.6 Å². The average Bonchev–Trinajstić information content (AvgIpc) is 2.99. The lowest BCUT2D eigenvalue weighted by Gasteiger charge is -2.14. The summed E-state index contributed by atoms with van der Waals surface area (Å²) in [5, 5.41) is 0.465. The number of ketones is 1. The summed E-state index contributed by atoms with van der Waals surface area (Å²) in [4.78, 5) is 37.6. The number of fused-ring (bicyclic) bond motifs is 1. The van der Waals surface area contributed by atoms with Gasteiger partial charge in [-0.25, -0.2) is 0 Å². The lowest BCUT2D eigenvalue weighted by molar-refractivity contribution is -0.139. The van der Waals surface area contributed by atoms with Gasteiger partial charge in [-0.05, 0) is 25.0 Å². The highest BCUT2D eigenvalue weighted by atomic mass is 35.5. The number of halogens is 1. The van der Waals surface area contributed by atoms with Crippen molar-refractivity contribution in [1.29, 1.82) is 0 Å². The number of rotatable bonds is 3. The monoisotopic (exact) mass is 291 g/mol. The van der Waals surface area contributed by atoms with Crippen LogP contribution in [-0.4, -0.2) is 29.0 Å². The van der Waals surface area contributed by atoms with Crippen LogP contribution in [0.3, 0.4) is 0 Å². The molecule has 1 aliphatic carbocycles. The number of carbonyl (C=O) groups excluding carboxylic acids is 3. The lowest BCUT2D eigenvalue weighted by Crippen LogP contribution is -2.36. The molecule has 0 bridgehead atoms. The van der Waals surface area contributed by atoms with Gasteiger partial charge in [0.05, 0.1) is 18.4 Å². The van der Waals surface area contributed by atoms with Crippen molar-refractivity contribution < 1.29 is 14.4 Å².